The largest absolute Gasteiger partial charge is 0.469 e. The van der Waals surface area contributed by atoms with Crippen LogP contribution in [-0.4, -0.2) is 34.8 Å². The van der Waals surface area contributed by atoms with Crippen molar-refractivity contribution in [3.63, 3.8) is 0 Å². The molecule has 2 aliphatic carbocycles. The van der Waals surface area contributed by atoms with Crippen LogP contribution in [0.5, 0.6) is 0 Å². The van der Waals surface area contributed by atoms with Crippen LogP contribution in [0.25, 0.3) is 6.08 Å². The van der Waals surface area contributed by atoms with Gasteiger partial charge in [0.1, 0.15) is 0 Å². The van der Waals surface area contributed by atoms with Gasteiger partial charge in [-0.05, 0) is 44.1 Å². The molecule has 23 heavy (non-hydrogen) atoms. The molecular weight excluding hydrogens is 294 g/mol. The molecule has 6 nitrogen and oxygen atoms in total. The van der Waals surface area contributed by atoms with Crippen LogP contribution in [0, 0.1) is 24.7 Å². The first kappa shape index (κ1) is 15.8. The van der Waals surface area contributed by atoms with Crippen LogP contribution in [-0.2, 0) is 21.4 Å². The number of aryl methyl sites for hydroxylation is 1. The summed E-state index contributed by atoms with van der Waals surface area (Å²) < 4.78 is 6.69. The fourth-order valence-electron chi connectivity index (χ4n) is 4.03. The molecule has 1 aromatic rings. The number of hydrogen-bond donors (Lipinski definition) is 1. The Balaban J connectivity index is 1.67. The third-order valence-electron chi connectivity index (χ3n) is 5.39. The lowest BCUT2D eigenvalue weighted by Crippen LogP contribution is -2.46. The topological polar surface area (TPSA) is 73.2 Å². The summed E-state index contributed by atoms with van der Waals surface area (Å²) in [4.78, 5) is 24.3. The number of carbonyl (C=O) groups is 2. The molecule has 2 bridgehead atoms. The van der Waals surface area contributed by atoms with Gasteiger partial charge in [0.25, 0.3) is 0 Å². The normalized spacial score (nSPS) is 29.2. The van der Waals surface area contributed by atoms with Crippen molar-refractivity contribution in [2.75, 3.05) is 7.11 Å². The Bertz CT molecular complexity index is 650. The van der Waals surface area contributed by atoms with E-state index >= 15 is 0 Å². The Morgan fingerprint density at radius 2 is 2.13 bits per heavy atom. The van der Waals surface area contributed by atoms with Crippen LogP contribution in [0.2, 0.25) is 0 Å². The third kappa shape index (κ3) is 2.90. The molecule has 1 N–H and O–H groups in total. The Morgan fingerprint density at radius 1 is 1.39 bits per heavy atom. The molecule has 4 atom stereocenters. The number of ether oxygens (including phenoxy) is 1. The summed E-state index contributed by atoms with van der Waals surface area (Å²) in [6.45, 7) is 1.95. The zero-order chi connectivity index (χ0) is 16.6. The predicted octanol–water partition coefficient (Wildman–Crippen LogP) is 1.45. The lowest BCUT2D eigenvalue weighted by molar-refractivity contribution is -0.148. The predicted molar refractivity (Wildman–Crippen MR) is 85.2 cm³/mol. The van der Waals surface area contributed by atoms with Crippen LogP contribution in [0.4, 0.5) is 0 Å². The van der Waals surface area contributed by atoms with Crippen molar-refractivity contribution in [3.8, 4) is 0 Å². The first-order valence-corrected chi connectivity index (χ1v) is 8.06. The summed E-state index contributed by atoms with van der Waals surface area (Å²) >= 11 is 0. The van der Waals surface area contributed by atoms with E-state index in [9.17, 15) is 9.59 Å². The Labute approximate surface area is 135 Å². The van der Waals surface area contributed by atoms with Gasteiger partial charge in [-0.2, -0.15) is 5.10 Å². The van der Waals surface area contributed by atoms with E-state index in [1.165, 1.54) is 13.2 Å². The molecule has 6 heteroatoms. The molecule has 0 radical (unpaired) electrons. The highest BCUT2D eigenvalue weighted by Gasteiger charge is 2.51. The van der Waals surface area contributed by atoms with Gasteiger partial charge < -0.3 is 10.1 Å². The maximum Gasteiger partial charge on any atom is 0.311 e. The van der Waals surface area contributed by atoms with Gasteiger partial charge in [-0.25, -0.2) is 0 Å². The van der Waals surface area contributed by atoms with Crippen molar-refractivity contribution in [1.82, 2.24) is 15.1 Å². The molecule has 2 saturated carbocycles. The Morgan fingerprint density at radius 3 is 2.78 bits per heavy atom. The fourth-order valence-corrected chi connectivity index (χ4v) is 4.03. The molecule has 0 spiro atoms. The SMILES string of the molecule is COC(=O)[C@@H]1[C@H]2CC[C@@H](C2)[C@H]1NC(=O)/C=C/c1cnn(C)c1C. The van der Waals surface area contributed by atoms with E-state index in [2.05, 4.69) is 10.4 Å². The molecule has 1 amide bonds. The van der Waals surface area contributed by atoms with Crippen molar-refractivity contribution in [2.45, 2.75) is 32.2 Å². The van der Waals surface area contributed by atoms with E-state index < -0.39 is 0 Å². The number of nitrogens with zero attached hydrogens (tertiary/aromatic N) is 2. The highest BCUT2D eigenvalue weighted by Crippen LogP contribution is 2.48. The lowest BCUT2D eigenvalue weighted by atomic mass is 9.84. The molecule has 3 rings (SSSR count). The van der Waals surface area contributed by atoms with Gasteiger partial charge in [-0.15, -0.1) is 0 Å². The average Bonchev–Trinajstić information content (AvgIpc) is 3.22. The smallest absolute Gasteiger partial charge is 0.311 e. The van der Waals surface area contributed by atoms with E-state index in [0.717, 1.165) is 30.5 Å². The number of carbonyl (C=O) groups excluding carboxylic acids is 2. The first-order valence-electron chi connectivity index (χ1n) is 8.06. The fraction of sp³-hybridized carbons (Fsp3) is 0.588. The standard InChI is InChI=1S/C17H23N3O3/c1-10-13(9-18-20(10)2)6-7-14(21)19-16-12-5-4-11(8-12)15(16)17(22)23-3/h6-7,9,11-12,15-16H,4-5,8H2,1-3H3,(H,19,21)/b7-6+/t11-,12-,15+,16+/m0/s1. The summed E-state index contributed by atoms with van der Waals surface area (Å²) in [6, 6.07) is -0.103. The highest BCUT2D eigenvalue weighted by molar-refractivity contribution is 5.92. The summed E-state index contributed by atoms with van der Waals surface area (Å²) in [5.74, 6) is 0.175. The van der Waals surface area contributed by atoms with Gasteiger partial charge in [0, 0.05) is 30.4 Å². The molecule has 0 unspecified atom stereocenters. The van der Waals surface area contributed by atoms with Crippen molar-refractivity contribution in [1.29, 1.82) is 0 Å². The number of amides is 1. The zero-order valence-electron chi connectivity index (χ0n) is 13.8. The van der Waals surface area contributed by atoms with Crippen molar-refractivity contribution >= 4 is 18.0 Å². The second-order valence-electron chi connectivity index (χ2n) is 6.56. The quantitative estimate of drug-likeness (QED) is 0.674. The molecule has 0 aromatic carbocycles. The van der Waals surface area contributed by atoms with Gasteiger partial charge >= 0.3 is 5.97 Å². The van der Waals surface area contributed by atoms with E-state index in [0.29, 0.717) is 11.8 Å². The van der Waals surface area contributed by atoms with Crippen LogP contribution >= 0.6 is 0 Å². The third-order valence-corrected chi connectivity index (χ3v) is 5.39. The van der Waals surface area contributed by atoms with Crippen molar-refractivity contribution < 1.29 is 14.3 Å². The highest BCUT2D eigenvalue weighted by atomic mass is 16.5. The van der Waals surface area contributed by atoms with E-state index in [1.807, 2.05) is 14.0 Å². The molecule has 124 valence electrons. The minimum Gasteiger partial charge on any atom is -0.469 e. The summed E-state index contributed by atoms with van der Waals surface area (Å²) in [7, 11) is 3.28. The van der Waals surface area contributed by atoms with Gasteiger partial charge in [-0.1, -0.05) is 0 Å². The van der Waals surface area contributed by atoms with Gasteiger partial charge in [0.15, 0.2) is 0 Å². The number of aromatic nitrogens is 2. The number of fused-ring (bicyclic) bond motifs is 2. The second kappa shape index (κ2) is 6.18. The average molecular weight is 317 g/mol. The number of esters is 1. The van der Waals surface area contributed by atoms with E-state index in [1.54, 1.807) is 17.0 Å². The first-order chi connectivity index (χ1) is 11.0. The number of hydrogen-bond acceptors (Lipinski definition) is 4. The van der Waals surface area contributed by atoms with Crippen molar-refractivity contribution in [3.05, 3.63) is 23.5 Å². The molecule has 1 heterocycles. The van der Waals surface area contributed by atoms with Crippen molar-refractivity contribution in [2.24, 2.45) is 24.8 Å². The molecule has 0 saturated heterocycles. The van der Waals surface area contributed by atoms with Crippen LogP contribution in [0.15, 0.2) is 12.3 Å². The zero-order valence-corrected chi connectivity index (χ0v) is 13.8. The lowest BCUT2D eigenvalue weighted by Gasteiger charge is -2.29. The number of rotatable bonds is 4. The number of nitrogens with one attached hydrogen (secondary N) is 1. The summed E-state index contributed by atoms with van der Waals surface area (Å²) in [5, 5.41) is 7.17. The Kier molecular flexibility index (Phi) is 4.24. The molecular formula is C17H23N3O3. The second-order valence-corrected chi connectivity index (χ2v) is 6.56. The molecule has 2 aliphatic rings. The van der Waals surface area contributed by atoms with Crippen LogP contribution in [0.1, 0.15) is 30.5 Å². The van der Waals surface area contributed by atoms with Gasteiger partial charge in [-0.3, -0.25) is 14.3 Å². The number of methoxy groups -OCH3 is 1. The Hall–Kier alpha value is -2.11. The minimum absolute atomic E-state index is 0.103. The van der Waals surface area contributed by atoms with Gasteiger partial charge in [0.2, 0.25) is 5.91 Å². The van der Waals surface area contributed by atoms with Crippen LogP contribution < -0.4 is 5.32 Å². The van der Waals surface area contributed by atoms with Gasteiger partial charge in [0.05, 0.1) is 19.2 Å². The van der Waals surface area contributed by atoms with Crippen LogP contribution in [0.3, 0.4) is 0 Å². The molecule has 1 aromatic heterocycles. The van der Waals surface area contributed by atoms with E-state index in [-0.39, 0.29) is 23.8 Å². The maximum atomic E-state index is 12.2. The molecule has 0 aliphatic heterocycles. The summed E-state index contributed by atoms with van der Waals surface area (Å²) in [5.41, 5.74) is 1.92. The minimum atomic E-state index is -0.199. The monoisotopic (exact) mass is 317 g/mol. The maximum absolute atomic E-state index is 12.2. The van der Waals surface area contributed by atoms with E-state index in [4.69, 9.17) is 4.74 Å². The summed E-state index contributed by atoms with van der Waals surface area (Å²) in [6.07, 6.45) is 8.16. The molecule has 2 fully saturated rings.